The predicted molar refractivity (Wildman–Crippen MR) is 287 cm³/mol. The fourth-order valence-electron chi connectivity index (χ4n) is 9.49. The maximum Gasteiger partial charge on any atom is 0.161 e. The van der Waals surface area contributed by atoms with Gasteiger partial charge in [-0.05, 0) is 56.6 Å². The minimum Gasteiger partial charge on any atom is -0.226 e. The molecule has 0 saturated heterocycles. The minimum absolute atomic E-state index is 0.688. The number of hydrogen-bond acceptors (Lipinski definition) is 6. The molecule has 0 bridgehead atoms. The molecule has 68 heavy (non-hydrogen) atoms. The van der Waals surface area contributed by atoms with Crippen molar-refractivity contribution in [3.05, 3.63) is 231 Å². The van der Waals surface area contributed by atoms with Crippen molar-refractivity contribution in [3.8, 4) is 89.8 Å². The zero-order chi connectivity index (χ0) is 45.0. The van der Waals surface area contributed by atoms with Crippen LogP contribution in [0.5, 0.6) is 0 Å². The molecule has 0 radical (unpaired) electrons. The van der Waals surface area contributed by atoms with Crippen molar-refractivity contribution >= 4 is 63.3 Å². The molecule has 0 spiro atoms. The Hall–Kier alpha value is -8.42. The van der Waals surface area contributed by atoms with Gasteiger partial charge < -0.3 is 0 Å². The molecule has 0 atom stereocenters. The molecule has 13 rings (SSSR count). The van der Waals surface area contributed by atoms with E-state index in [-0.39, 0.29) is 0 Å². The molecule has 0 aliphatic heterocycles. The Morgan fingerprint density at radius 3 is 1.13 bits per heavy atom. The van der Waals surface area contributed by atoms with Gasteiger partial charge in [0.1, 0.15) is 0 Å². The third-order valence-electron chi connectivity index (χ3n) is 12.8. The average molecular weight is 903 g/mol. The predicted octanol–water partition coefficient (Wildman–Crippen LogP) is 17.3. The van der Waals surface area contributed by atoms with Gasteiger partial charge >= 0.3 is 0 Å². The highest BCUT2D eigenvalue weighted by Gasteiger charge is 2.23. The SMILES string of the molecule is c1ccc(-c2ccc(-c3nc(-c4ccccc4-c4ccccc4-c4ccccc4-c4nc(-c5ccc(-c6ccccc6)cc5)c5sc6ccccc6c5n4)c4sc5ccccc5c4n3)cc2)cc1. The van der Waals surface area contributed by atoms with E-state index in [0.717, 1.165) is 92.7 Å². The van der Waals surface area contributed by atoms with Gasteiger partial charge in [-0.15, -0.1) is 22.7 Å². The summed E-state index contributed by atoms with van der Waals surface area (Å²) in [5, 5.41) is 2.26. The van der Waals surface area contributed by atoms with Crippen molar-refractivity contribution in [1.29, 1.82) is 0 Å². The monoisotopic (exact) mass is 902 g/mol. The van der Waals surface area contributed by atoms with Gasteiger partial charge in [-0.3, -0.25) is 0 Å². The number of benzene rings is 9. The van der Waals surface area contributed by atoms with Crippen LogP contribution in [0.15, 0.2) is 231 Å². The molecule has 13 aromatic rings. The lowest BCUT2D eigenvalue weighted by molar-refractivity contribution is 1.24. The molecule has 4 nitrogen and oxygen atoms in total. The van der Waals surface area contributed by atoms with E-state index in [4.69, 9.17) is 19.9 Å². The van der Waals surface area contributed by atoms with E-state index in [9.17, 15) is 0 Å². The number of nitrogens with zero attached hydrogens (tertiary/aromatic N) is 4. The zero-order valence-corrected chi connectivity index (χ0v) is 38.2. The van der Waals surface area contributed by atoms with Crippen LogP contribution in [0.4, 0.5) is 0 Å². The fraction of sp³-hybridized carbons (Fsp3) is 0. The smallest absolute Gasteiger partial charge is 0.161 e. The number of fused-ring (bicyclic) bond motifs is 6. The van der Waals surface area contributed by atoms with Crippen LogP contribution in [-0.2, 0) is 0 Å². The highest BCUT2D eigenvalue weighted by molar-refractivity contribution is 7.26. The Labute approximate surface area is 401 Å². The van der Waals surface area contributed by atoms with Crippen LogP contribution >= 0.6 is 22.7 Å². The summed E-state index contributed by atoms with van der Waals surface area (Å²) in [4.78, 5) is 21.7. The van der Waals surface area contributed by atoms with E-state index in [1.54, 1.807) is 22.7 Å². The Balaban J connectivity index is 0.973. The first kappa shape index (κ1) is 39.9. The molecular formula is C62H38N4S2. The highest BCUT2D eigenvalue weighted by atomic mass is 32.1. The summed E-state index contributed by atoms with van der Waals surface area (Å²) in [5.74, 6) is 1.38. The van der Waals surface area contributed by atoms with Crippen molar-refractivity contribution < 1.29 is 0 Å². The minimum atomic E-state index is 0.688. The van der Waals surface area contributed by atoms with Gasteiger partial charge in [0.05, 0.1) is 31.8 Å². The molecule has 0 unspecified atom stereocenters. The van der Waals surface area contributed by atoms with Crippen LogP contribution < -0.4 is 0 Å². The van der Waals surface area contributed by atoms with Gasteiger partial charge in [-0.2, -0.15) is 0 Å². The summed E-state index contributed by atoms with van der Waals surface area (Å²) in [7, 11) is 0. The van der Waals surface area contributed by atoms with Crippen LogP contribution in [0, 0.1) is 0 Å². The van der Waals surface area contributed by atoms with Crippen molar-refractivity contribution in [2.24, 2.45) is 0 Å². The maximum atomic E-state index is 5.49. The normalized spacial score (nSPS) is 11.5. The van der Waals surface area contributed by atoms with E-state index < -0.39 is 0 Å². The van der Waals surface area contributed by atoms with Crippen molar-refractivity contribution in [3.63, 3.8) is 0 Å². The number of aromatic nitrogens is 4. The molecule has 0 fully saturated rings. The van der Waals surface area contributed by atoms with Gasteiger partial charge in [-0.1, -0.05) is 218 Å². The first-order valence-corrected chi connectivity index (χ1v) is 24.3. The number of thiophene rings is 2. The Bertz CT molecular complexity index is 4010. The zero-order valence-electron chi connectivity index (χ0n) is 36.5. The van der Waals surface area contributed by atoms with E-state index in [0.29, 0.717) is 11.6 Å². The quantitative estimate of drug-likeness (QED) is 0.152. The van der Waals surface area contributed by atoms with Crippen LogP contribution in [0.3, 0.4) is 0 Å². The summed E-state index contributed by atoms with van der Waals surface area (Å²) in [6.45, 7) is 0. The second kappa shape index (κ2) is 16.8. The van der Waals surface area contributed by atoms with E-state index in [2.05, 4.69) is 224 Å². The lowest BCUT2D eigenvalue weighted by Gasteiger charge is -2.17. The topological polar surface area (TPSA) is 51.6 Å². The Kier molecular flexibility index (Phi) is 9.85. The van der Waals surface area contributed by atoms with Crippen LogP contribution in [0.2, 0.25) is 0 Å². The third kappa shape index (κ3) is 6.97. The average Bonchev–Trinajstić information content (AvgIpc) is 4.00. The summed E-state index contributed by atoms with van der Waals surface area (Å²) >= 11 is 3.51. The largest absolute Gasteiger partial charge is 0.226 e. The molecular weight excluding hydrogens is 865 g/mol. The Morgan fingerprint density at radius 1 is 0.235 bits per heavy atom. The molecule has 4 heterocycles. The molecule has 318 valence electrons. The summed E-state index contributed by atoms with van der Waals surface area (Å²) in [5.41, 5.74) is 16.8. The molecule has 9 aromatic carbocycles. The van der Waals surface area contributed by atoms with Crippen molar-refractivity contribution in [1.82, 2.24) is 19.9 Å². The third-order valence-corrected chi connectivity index (χ3v) is 15.1. The number of hydrogen-bond donors (Lipinski definition) is 0. The maximum absolute atomic E-state index is 5.49. The van der Waals surface area contributed by atoms with E-state index in [1.165, 1.54) is 26.1 Å². The van der Waals surface area contributed by atoms with Gasteiger partial charge in [0.25, 0.3) is 0 Å². The first-order chi connectivity index (χ1) is 33.7. The molecule has 0 aliphatic carbocycles. The Morgan fingerprint density at radius 2 is 0.588 bits per heavy atom. The van der Waals surface area contributed by atoms with E-state index >= 15 is 0 Å². The fourth-order valence-corrected chi connectivity index (χ4v) is 11.8. The summed E-state index contributed by atoms with van der Waals surface area (Å²) < 4.78 is 4.52. The molecule has 0 saturated carbocycles. The lowest BCUT2D eigenvalue weighted by atomic mass is 9.88. The van der Waals surface area contributed by atoms with Crippen LogP contribution in [-0.4, -0.2) is 19.9 Å². The highest BCUT2D eigenvalue weighted by Crippen LogP contribution is 2.46. The first-order valence-electron chi connectivity index (χ1n) is 22.7. The summed E-state index contributed by atoms with van der Waals surface area (Å²) in [6, 6.07) is 81.5. The molecule has 0 N–H and O–H groups in total. The van der Waals surface area contributed by atoms with Crippen molar-refractivity contribution in [2.75, 3.05) is 0 Å². The van der Waals surface area contributed by atoms with E-state index in [1.807, 2.05) is 6.07 Å². The van der Waals surface area contributed by atoms with Crippen LogP contribution in [0.25, 0.3) is 130 Å². The molecule has 4 aromatic heterocycles. The second-order valence-electron chi connectivity index (χ2n) is 16.9. The van der Waals surface area contributed by atoms with Gasteiger partial charge in [0, 0.05) is 42.4 Å². The standard InChI is InChI=1S/C62H38N4S2/c1-3-17-39(18-4-1)41-31-35-43(36-32-41)55-59-57(51-27-13-15-29-53(51)67-59)66-62(63-55)50-26-12-10-24-48(50)46-22-8-7-21-45(46)47-23-9-11-25-49(47)56-60-58(52-28-14-16-30-54(52)68-60)65-61(64-56)44-37-33-42(34-38-44)40-19-5-2-6-20-40/h1-38H. The number of rotatable bonds is 8. The van der Waals surface area contributed by atoms with Gasteiger partial charge in [0.15, 0.2) is 11.6 Å². The van der Waals surface area contributed by atoms with Crippen LogP contribution in [0.1, 0.15) is 0 Å². The van der Waals surface area contributed by atoms with Gasteiger partial charge in [-0.25, -0.2) is 19.9 Å². The molecule has 0 aliphatic rings. The lowest BCUT2D eigenvalue weighted by Crippen LogP contribution is -1.97. The summed E-state index contributed by atoms with van der Waals surface area (Å²) in [6.07, 6.45) is 0. The molecule has 6 heteroatoms. The molecule has 0 amide bonds. The van der Waals surface area contributed by atoms with Crippen molar-refractivity contribution in [2.45, 2.75) is 0 Å². The second-order valence-corrected chi connectivity index (χ2v) is 19.0. The van der Waals surface area contributed by atoms with Gasteiger partial charge in [0.2, 0.25) is 0 Å².